The number of carboxylic acid groups (broad SMARTS) is 2. The first kappa shape index (κ1) is 24.6. The van der Waals surface area contributed by atoms with Crippen LogP contribution in [-0.4, -0.2) is 42.2 Å². The number of aliphatic carboxylic acids is 2. The van der Waals surface area contributed by atoms with Crippen LogP contribution in [0.4, 0.5) is 0 Å². The Hall–Kier alpha value is -1.43. The Morgan fingerprint density at radius 2 is 1.10 bits per heavy atom. The molecule has 0 unspecified atom stereocenters. The third-order valence-electron chi connectivity index (χ3n) is 2.52. The number of rotatable bonds is 4. The Morgan fingerprint density at radius 3 is 1.19 bits per heavy atom. The lowest BCUT2D eigenvalue weighted by molar-refractivity contribution is -0.143. The van der Waals surface area contributed by atoms with Crippen molar-refractivity contribution in [1.29, 1.82) is 0 Å². The van der Waals surface area contributed by atoms with Gasteiger partial charge in [-0.2, -0.15) is 0 Å². The molecule has 0 aromatic rings. The molecule has 0 aromatic heterocycles. The highest BCUT2D eigenvalue weighted by Crippen LogP contribution is 2.15. The maximum atomic E-state index is 9.64. The first-order valence-corrected chi connectivity index (χ1v) is 7.15. The standard InChI is InChI=1S/C6H12.C4H6O4.C4H10O.CH2O/c1-2-4-6-5-3-1;5-3(6)1-2-4(7)8;1-4(2)5-3;1-2/h1-6H2;1-2H2,(H,5,6)(H,7,8);4H,1-3H3;1H2. The van der Waals surface area contributed by atoms with Crippen molar-refractivity contribution in [1.82, 2.24) is 0 Å². The van der Waals surface area contributed by atoms with E-state index in [-0.39, 0.29) is 12.8 Å². The molecule has 126 valence electrons. The van der Waals surface area contributed by atoms with Gasteiger partial charge >= 0.3 is 11.9 Å². The van der Waals surface area contributed by atoms with Crippen LogP contribution in [0.5, 0.6) is 0 Å². The molecular weight excluding hydrogens is 276 g/mol. The smallest absolute Gasteiger partial charge is 0.303 e. The molecule has 1 fully saturated rings. The summed E-state index contributed by atoms with van der Waals surface area (Å²) in [6.07, 6.45) is 8.79. The van der Waals surface area contributed by atoms with E-state index in [0.29, 0.717) is 6.10 Å². The summed E-state index contributed by atoms with van der Waals surface area (Å²) in [5, 5.41) is 15.8. The van der Waals surface area contributed by atoms with E-state index in [1.54, 1.807) is 7.11 Å². The van der Waals surface area contributed by atoms with Gasteiger partial charge in [0, 0.05) is 7.11 Å². The summed E-state index contributed by atoms with van der Waals surface area (Å²) in [7, 11) is 1.70. The van der Waals surface area contributed by atoms with Gasteiger partial charge in [-0.3, -0.25) is 9.59 Å². The second-order valence-corrected chi connectivity index (χ2v) is 4.69. The summed E-state index contributed by atoms with van der Waals surface area (Å²) < 4.78 is 4.75. The Balaban J connectivity index is -0.000000223. The number of hydrogen-bond acceptors (Lipinski definition) is 4. The molecule has 0 saturated heterocycles. The largest absolute Gasteiger partial charge is 0.481 e. The van der Waals surface area contributed by atoms with Crippen molar-refractivity contribution in [3.8, 4) is 0 Å². The molecule has 6 heteroatoms. The molecule has 0 aliphatic heterocycles. The molecule has 0 amide bonds. The van der Waals surface area contributed by atoms with Crippen LogP contribution < -0.4 is 0 Å². The molecule has 1 saturated carbocycles. The van der Waals surface area contributed by atoms with Gasteiger partial charge in [0.1, 0.15) is 6.79 Å². The van der Waals surface area contributed by atoms with Gasteiger partial charge in [0.25, 0.3) is 0 Å². The highest BCUT2D eigenvalue weighted by atomic mass is 16.5. The Kier molecular flexibility index (Phi) is 24.4. The first-order valence-electron chi connectivity index (χ1n) is 7.15. The summed E-state index contributed by atoms with van der Waals surface area (Å²) in [6, 6.07) is 0. The predicted molar refractivity (Wildman–Crippen MR) is 81.5 cm³/mol. The van der Waals surface area contributed by atoms with E-state index in [1.807, 2.05) is 20.6 Å². The summed E-state index contributed by atoms with van der Waals surface area (Å²) in [4.78, 5) is 27.3. The molecule has 0 heterocycles. The summed E-state index contributed by atoms with van der Waals surface area (Å²) >= 11 is 0. The summed E-state index contributed by atoms with van der Waals surface area (Å²) in [5.41, 5.74) is 0. The fourth-order valence-electron chi connectivity index (χ4n) is 1.27. The van der Waals surface area contributed by atoms with E-state index in [4.69, 9.17) is 19.7 Å². The first-order chi connectivity index (χ1) is 9.90. The highest BCUT2D eigenvalue weighted by Gasteiger charge is 2.00. The van der Waals surface area contributed by atoms with Crippen LogP contribution in [0.1, 0.15) is 65.2 Å². The third-order valence-corrected chi connectivity index (χ3v) is 2.52. The van der Waals surface area contributed by atoms with Gasteiger partial charge in [-0.1, -0.05) is 38.5 Å². The fraction of sp³-hybridized carbons (Fsp3) is 0.800. The van der Waals surface area contributed by atoms with Crippen molar-refractivity contribution < 1.29 is 29.3 Å². The van der Waals surface area contributed by atoms with Crippen molar-refractivity contribution in [3.05, 3.63) is 0 Å². The summed E-state index contributed by atoms with van der Waals surface area (Å²) in [6.45, 7) is 6.00. The van der Waals surface area contributed by atoms with Crippen molar-refractivity contribution >= 4 is 18.7 Å². The Bertz CT molecular complexity index is 211. The van der Waals surface area contributed by atoms with Crippen molar-refractivity contribution in [2.75, 3.05) is 7.11 Å². The molecule has 0 spiro atoms. The van der Waals surface area contributed by atoms with E-state index < -0.39 is 11.9 Å². The van der Waals surface area contributed by atoms with Gasteiger partial charge in [0.2, 0.25) is 0 Å². The van der Waals surface area contributed by atoms with Gasteiger partial charge in [-0.25, -0.2) is 0 Å². The Labute approximate surface area is 127 Å². The molecule has 0 radical (unpaired) electrons. The van der Waals surface area contributed by atoms with E-state index in [2.05, 4.69) is 0 Å². The van der Waals surface area contributed by atoms with Gasteiger partial charge in [-0.05, 0) is 13.8 Å². The number of carbonyl (C=O) groups excluding carboxylic acids is 1. The lowest BCUT2D eigenvalue weighted by atomic mass is 10.0. The van der Waals surface area contributed by atoms with Crippen molar-refractivity contribution in [2.45, 2.75) is 71.3 Å². The maximum Gasteiger partial charge on any atom is 0.303 e. The lowest BCUT2D eigenvalue weighted by Gasteiger charge is -2.05. The molecule has 1 aliphatic rings. The second kappa shape index (κ2) is 20.9. The number of ether oxygens (including phenoxy) is 1. The average molecular weight is 306 g/mol. The zero-order valence-corrected chi connectivity index (χ0v) is 13.5. The number of carboxylic acids is 2. The third kappa shape index (κ3) is 38.1. The minimum atomic E-state index is -1.08. The average Bonchev–Trinajstić information content (AvgIpc) is 2.50. The van der Waals surface area contributed by atoms with Gasteiger partial charge in [0.15, 0.2) is 0 Å². The van der Waals surface area contributed by atoms with Crippen molar-refractivity contribution in [3.63, 3.8) is 0 Å². The van der Waals surface area contributed by atoms with Gasteiger partial charge in [0.05, 0.1) is 18.9 Å². The van der Waals surface area contributed by atoms with Gasteiger partial charge < -0.3 is 19.7 Å². The van der Waals surface area contributed by atoms with Crippen molar-refractivity contribution in [2.24, 2.45) is 0 Å². The Morgan fingerprint density at radius 1 is 0.905 bits per heavy atom. The summed E-state index contributed by atoms with van der Waals surface area (Å²) in [5.74, 6) is -2.15. The predicted octanol–water partition coefficient (Wildman–Crippen LogP) is 3.13. The topological polar surface area (TPSA) is 101 Å². The minimum Gasteiger partial charge on any atom is -0.481 e. The zero-order valence-electron chi connectivity index (χ0n) is 13.5. The molecule has 0 atom stereocenters. The van der Waals surface area contributed by atoms with Crippen LogP contribution in [0.2, 0.25) is 0 Å². The van der Waals surface area contributed by atoms with Crippen LogP contribution >= 0.6 is 0 Å². The molecule has 1 aliphatic carbocycles. The fourth-order valence-corrected chi connectivity index (χ4v) is 1.27. The van der Waals surface area contributed by atoms with Crippen LogP contribution in [0.15, 0.2) is 0 Å². The second-order valence-electron chi connectivity index (χ2n) is 4.69. The van der Waals surface area contributed by atoms with Crippen LogP contribution in [0.25, 0.3) is 0 Å². The lowest BCUT2D eigenvalue weighted by Crippen LogP contribution is -2.00. The van der Waals surface area contributed by atoms with E-state index in [9.17, 15) is 9.59 Å². The molecule has 6 nitrogen and oxygen atoms in total. The van der Waals surface area contributed by atoms with E-state index >= 15 is 0 Å². The van der Waals surface area contributed by atoms with Crippen LogP contribution in [-0.2, 0) is 19.1 Å². The zero-order chi connectivity index (χ0) is 17.1. The van der Waals surface area contributed by atoms with E-state index in [1.165, 1.54) is 38.5 Å². The van der Waals surface area contributed by atoms with Crippen LogP contribution in [0.3, 0.4) is 0 Å². The van der Waals surface area contributed by atoms with E-state index in [0.717, 1.165) is 0 Å². The SMILES string of the molecule is C1CCCCC1.C=O.COC(C)C.O=C(O)CCC(=O)O. The molecule has 21 heavy (non-hydrogen) atoms. The maximum absolute atomic E-state index is 9.64. The molecular formula is C15H30O6. The molecule has 2 N–H and O–H groups in total. The number of methoxy groups -OCH3 is 1. The molecule has 0 aromatic carbocycles. The molecule has 0 bridgehead atoms. The quantitative estimate of drug-likeness (QED) is 0.827. The van der Waals surface area contributed by atoms with Crippen LogP contribution in [0, 0.1) is 0 Å². The number of carbonyl (C=O) groups is 3. The highest BCUT2D eigenvalue weighted by molar-refractivity contribution is 5.75. The molecule has 1 rings (SSSR count). The minimum absolute atomic E-state index is 0.296. The van der Waals surface area contributed by atoms with Gasteiger partial charge in [-0.15, -0.1) is 0 Å². The number of hydrogen-bond donors (Lipinski definition) is 2. The monoisotopic (exact) mass is 306 g/mol. The normalized spacial score (nSPS) is 12.6.